The summed E-state index contributed by atoms with van der Waals surface area (Å²) < 4.78 is 5.20. The second-order valence-electron chi connectivity index (χ2n) is 8.21. The molecule has 0 aromatic heterocycles. The molecule has 0 saturated carbocycles. The topological polar surface area (TPSA) is 117 Å². The van der Waals surface area contributed by atoms with E-state index >= 15 is 0 Å². The molecule has 2 aromatic rings. The van der Waals surface area contributed by atoms with E-state index in [1.807, 2.05) is 13.8 Å². The number of ketones is 1. The molecule has 1 atom stereocenters. The molecule has 2 aromatic carbocycles. The standard InChI is InChI=1S/C25H29N3O6/c1-5-26(6-2)13-14-27-22(17-7-9-18(10-8-17)28(32)33)21(24(30)25(27)31)23(29)20-12-11-19(34-4)15-16(20)3/h7-12,15,22,29H,5-6,13-14H2,1-4H3. The fraction of sp³-hybridized carbons (Fsp3) is 0.360. The molecule has 1 unspecified atom stereocenters. The molecular formula is C25H29N3O6. The van der Waals surface area contributed by atoms with Crippen molar-refractivity contribution < 1.29 is 29.3 Å². The fourth-order valence-electron chi connectivity index (χ4n) is 4.27. The van der Waals surface area contributed by atoms with Gasteiger partial charge < -0.3 is 19.6 Å². The van der Waals surface area contributed by atoms with Gasteiger partial charge in [-0.05, 0) is 61.7 Å². The van der Waals surface area contributed by atoms with E-state index in [4.69, 9.17) is 4.74 Å². The second-order valence-corrected chi connectivity index (χ2v) is 8.21. The summed E-state index contributed by atoms with van der Waals surface area (Å²) in [5.41, 5.74) is 1.15. The van der Waals surface area contributed by atoms with Gasteiger partial charge in [-0.3, -0.25) is 19.7 Å². The Morgan fingerprint density at radius 1 is 1.12 bits per heavy atom. The molecule has 3 rings (SSSR count). The number of quaternary nitrogens is 1. The van der Waals surface area contributed by atoms with Crippen LogP contribution in [0.2, 0.25) is 0 Å². The number of nitrogens with one attached hydrogen (secondary N) is 1. The average molecular weight is 468 g/mol. The van der Waals surface area contributed by atoms with E-state index in [2.05, 4.69) is 0 Å². The number of carbonyl (C=O) groups excluding carboxylic acids is 2. The zero-order valence-corrected chi connectivity index (χ0v) is 19.8. The number of rotatable bonds is 9. The minimum absolute atomic E-state index is 0.114. The number of carbonyl (C=O) groups is 2. The summed E-state index contributed by atoms with van der Waals surface area (Å²) in [6.45, 7) is 8.42. The summed E-state index contributed by atoms with van der Waals surface area (Å²) in [5.74, 6) is -1.52. The smallest absolute Gasteiger partial charge is 0.295 e. The van der Waals surface area contributed by atoms with Gasteiger partial charge in [0.1, 0.15) is 5.75 Å². The third-order valence-corrected chi connectivity index (χ3v) is 6.33. The number of amides is 1. The van der Waals surface area contributed by atoms with Crippen molar-refractivity contribution in [1.82, 2.24) is 4.90 Å². The number of nitro groups is 1. The van der Waals surface area contributed by atoms with Gasteiger partial charge in [-0.25, -0.2) is 0 Å². The van der Waals surface area contributed by atoms with E-state index in [1.165, 1.54) is 41.2 Å². The van der Waals surface area contributed by atoms with Crippen LogP contribution in [-0.4, -0.2) is 54.8 Å². The molecule has 180 valence electrons. The van der Waals surface area contributed by atoms with Crippen molar-refractivity contribution in [3.8, 4) is 5.75 Å². The van der Waals surface area contributed by atoms with E-state index in [0.717, 1.165) is 13.1 Å². The predicted octanol–water partition coefficient (Wildman–Crippen LogP) is 1.06. The Balaban J connectivity index is 2.13. The minimum Gasteiger partial charge on any atom is -0.872 e. The number of methoxy groups -OCH3 is 1. The number of nitrogens with zero attached hydrogens (tertiary/aromatic N) is 2. The van der Waals surface area contributed by atoms with Crippen LogP contribution in [0.25, 0.3) is 5.76 Å². The van der Waals surface area contributed by atoms with Crippen molar-refractivity contribution in [2.24, 2.45) is 0 Å². The Bertz CT molecular complexity index is 1120. The lowest BCUT2D eigenvalue weighted by atomic mass is 9.93. The van der Waals surface area contributed by atoms with Crippen LogP contribution < -0.4 is 14.7 Å². The predicted molar refractivity (Wildman–Crippen MR) is 124 cm³/mol. The molecule has 0 spiro atoms. The van der Waals surface area contributed by atoms with Crippen LogP contribution in [0.15, 0.2) is 48.0 Å². The summed E-state index contributed by atoms with van der Waals surface area (Å²) in [6, 6.07) is 9.62. The van der Waals surface area contributed by atoms with Crippen LogP contribution in [0, 0.1) is 17.0 Å². The molecule has 1 aliphatic rings. The third-order valence-electron chi connectivity index (χ3n) is 6.33. The number of ether oxygens (including phenoxy) is 1. The van der Waals surface area contributed by atoms with Gasteiger partial charge in [0.2, 0.25) is 5.78 Å². The van der Waals surface area contributed by atoms with Gasteiger partial charge in [0.25, 0.3) is 11.6 Å². The number of hydrogen-bond acceptors (Lipinski definition) is 6. The highest BCUT2D eigenvalue weighted by Crippen LogP contribution is 2.39. The highest BCUT2D eigenvalue weighted by Gasteiger charge is 2.44. The van der Waals surface area contributed by atoms with Crippen molar-refractivity contribution in [2.45, 2.75) is 26.8 Å². The van der Waals surface area contributed by atoms with Crippen LogP contribution in [0.4, 0.5) is 5.69 Å². The number of nitro benzene ring substituents is 1. The van der Waals surface area contributed by atoms with E-state index in [9.17, 15) is 24.8 Å². The van der Waals surface area contributed by atoms with Crippen molar-refractivity contribution in [3.05, 3.63) is 74.8 Å². The molecule has 1 N–H and O–H groups in total. The SMILES string of the molecule is CC[NH+](CC)CCN1C(=O)C(=O)C(=C([O-])c2ccc(OC)cc2C)C1c1ccc([N+](=O)[O-])cc1. The maximum Gasteiger partial charge on any atom is 0.295 e. The Kier molecular flexibility index (Phi) is 7.68. The average Bonchev–Trinajstić information content (AvgIpc) is 3.09. The zero-order chi connectivity index (χ0) is 25.0. The first-order valence-electron chi connectivity index (χ1n) is 11.2. The van der Waals surface area contributed by atoms with Crippen LogP contribution >= 0.6 is 0 Å². The highest BCUT2D eigenvalue weighted by molar-refractivity contribution is 6.46. The van der Waals surface area contributed by atoms with Gasteiger partial charge in [-0.15, -0.1) is 0 Å². The first-order chi connectivity index (χ1) is 16.2. The molecule has 1 saturated heterocycles. The number of aryl methyl sites for hydroxylation is 1. The third kappa shape index (κ3) is 4.79. The summed E-state index contributed by atoms with van der Waals surface area (Å²) in [6.07, 6.45) is 0. The highest BCUT2D eigenvalue weighted by atomic mass is 16.6. The normalized spacial score (nSPS) is 17.4. The largest absolute Gasteiger partial charge is 0.872 e. The van der Waals surface area contributed by atoms with Gasteiger partial charge >= 0.3 is 0 Å². The van der Waals surface area contributed by atoms with Crippen molar-refractivity contribution in [2.75, 3.05) is 33.3 Å². The summed E-state index contributed by atoms with van der Waals surface area (Å²) in [5, 5.41) is 24.7. The van der Waals surface area contributed by atoms with Gasteiger partial charge in [-0.2, -0.15) is 0 Å². The zero-order valence-electron chi connectivity index (χ0n) is 19.8. The second kappa shape index (κ2) is 10.5. The summed E-state index contributed by atoms with van der Waals surface area (Å²) >= 11 is 0. The van der Waals surface area contributed by atoms with Gasteiger partial charge in [0.05, 0.1) is 44.3 Å². The molecule has 1 heterocycles. The summed E-state index contributed by atoms with van der Waals surface area (Å²) in [7, 11) is 1.52. The number of hydrogen-bond donors (Lipinski definition) is 1. The molecule has 9 heteroatoms. The molecule has 0 radical (unpaired) electrons. The first kappa shape index (κ1) is 24.9. The Hall–Kier alpha value is -3.72. The lowest BCUT2D eigenvalue weighted by Crippen LogP contribution is -3.12. The fourth-order valence-corrected chi connectivity index (χ4v) is 4.27. The van der Waals surface area contributed by atoms with Gasteiger partial charge in [0, 0.05) is 17.7 Å². The quantitative estimate of drug-likeness (QED) is 0.194. The maximum atomic E-state index is 13.6. The van der Waals surface area contributed by atoms with E-state index in [-0.39, 0.29) is 17.8 Å². The molecule has 34 heavy (non-hydrogen) atoms. The minimum atomic E-state index is -0.912. The van der Waals surface area contributed by atoms with E-state index in [0.29, 0.717) is 29.0 Å². The lowest BCUT2D eigenvalue weighted by Gasteiger charge is -2.29. The maximum absolute atomic E-state index is 13.6. The molecular weight excluding hydrogens is 438 g/mol. The Morgan fingerprint density at radius 2 is 1.76 bits per heavy atom. The number of Topliss-reactive ketones (excluding diaryl/α,β-unsaturated/α-hetero) is 1. The van der Waals surface area contributed by atoms with Crippen molar-refractivity contribution in [1.29, 1.82) is 0 Å². The number of non-ortho nitro benzene ring substituents is 1. The van der Waals surface area contributed by atoms with Gasteiger partial charge in [0.15, 0.2) is 0 Å². The molecule has 1 fully saturated rings. The Labute approximate surface area is 198 Å². The monoisotopic (exact) mass is 467 g/mol. The lowest BCUT2D eigenvalue weighted by molar-refractivity contribution is -0.895. The van der Waals surface area contributed by atoms with Crippen LogP contribution in [-0.2, 0) is 9.59 Å². The molecule has 9 nitrogen and oxygen atoms in total. The van der Waals surface area contributed by atoms with E-state index in [1.54, 1.807) is 25.1 Å². The number of likely N-dealkylation sites (N-methyl/N-ethyl adjacent to an activating group) is 1. The van der Waals surface area contributed by atoms with Crippen molar-refractivity contribution >= 4 is 23.1 Å². The van der Waals surface area contributed by atoms with Crippen LogP contribution in [0.3, 0.4) is 0 Å². The Morgan fingerprint density at radius 3 is 2.29 bits per heavy atom. The molecule has 0 bridgehead atoms. The number of benzene rings is 2. The van der Waals surface area contributed by atoms with Gasteiger partial charge in [-0.1, -0.05) is 11.8 Å². The molecule has 1 amide bonds. The molecule has 1 aliphatic heterocycles. The van der Waals surface area contributed by atoms with Crippen LogP contribution in [0.5, 0.6) is 5.75 Å². The van der Waals surface area contributed by atoms with E-state index < -0.39 is 28.4 Å². The first-order valence-corrected chi connectivity index (χ1v) is 11.2. The van der Waals surface area contributed by atoms with Crippen LogP contribution in [0.1, 0.15) is 36.6 Å². The van der Waals surface area contributed by atoms with Crippen molar-refractivity contribution in [3.63, 3.8) is 0 Å². The molecule has 0 aliphatic carbocycles. The summed E-state index contributed by atoms with van der Waals surface area (Å²) in [4.78, 5) is 39.4. The number of likely N-dealkylation sites (tertiary alicyclic amines) is 1.